The van der Waals surface area contributed by atoms with Gasteiger partial charge in [-0.15, -0.1) is 0 Å². The van der Waals surface area contributed by atoms with Crippen molar-refractivity contribution in [2.45, 2.75) is 6.92 Å². The van der Waals surface area contributed by atoms with E-state index in [4.69, 9.17) is 15.0 Å². The smallest absolute Gasteiger partial charge is 0.145 e. The summed E-state index contributed by atoms with van der Waals surface area (Å²) in [6.07, 6.45) is 0. The van der Waals surface area contributed by atoms with Gasteiger partial charge >= 0.3 is 0 Å². The summed E-state index contributed by atoms with van der Waals surface area (Å²) in [5.74, 6) is 2.82. The summed E-state index contributed by atoms with van der Waals surface area (Å²) in [6, 6.07) is 189. The maximum Gasteiger partial charge on any atom is 0.145 e. The van der Waals surface area contributed by atoms with Crippen LogP contribution in [0.25, 0.3) is 249 Å². The van der Waals surface area contributed by atoms with Gasteiger partial charge in [0.1, 0.15) is 17.5 Å². The number of fused-ring (bicyclic) bond motifs is 10. The summed E-state index contributed by atoms with van der Waals surface area (Å²) in [4.78, 5) is 15.3. The largest absolute Gasteiger partial charge is 0.292 e. The molecular formula is C134H90N6. The van der Waals surface area contributed by atoms with Crippen molar-refractivity contribution in [2.24, 2.45) is 0 Å². The van der Waals surface area contributed by atoms with Crippen LogP contribution >= 0.6 is 0 Å². The number of aryl methyl sites for hydroxylation is 1. The molecule has 27 rings (SSSR count). The van der Waals surface area contributed by atoms with Crippen LogP contribution in [0.1, 0.15) is 5.56 Å². The fourth-order valence-corrected chi connectivity index (χ4v) is 21.2. The second kappa shape index (κ2) is 36.0. The van der Waals surface area contributed by atoms with Crippen LogP contribution in [0.2, 0.25) is 0 Å². The third-order valence-corrected chi connectivity index (χ3v) is 27.6. The van der Waals surface area contributed by atoms with Gasteiger partial charge in [-0.1, -0.05) is 442 Å². The van der Waals surface area contributed by atoms with Crippen LogP contribution in [0.5, 0.6) is 0 Å². The summed E-state index contributed by atoms with van der Waals surface area (Å²) in [5, 5.41) is 17.5. The Morgan fingerprint density at radius 3 is 0.807 bits per heavy atom. The van der Waals surface area contributed by atoms with Gasteiger partial charge < -0.3 is 0 Å². The maximum atomic E-state index is 5.21. The van der Waals surface area contributed by atoms with Crippen molar-refractivity contribution >= 4 is 109 Å². The number of aromatic nitrogens is 6. The van der Waals surface area contributed by atoms with Gasteiger partial charge in [-0.2, -0.15) is 0 Å². The van der Waals surface area contributed by atoms with Crippen molar-refractivity contribution in [3.63, 3.8) is 0 Å². The Kier molecular flexibility index (Phi) is 21.5. The molecule has 140 heavy (non-hydrogen) atoms. The minimum Gasteiger partial charge on any atom is -0.292 e. The van der Waals surface area contributed by atoms with E-state index >= 15 is 0 Å². The van der Waals surface area contributed by atoms with Crippen LogP contribution in [0.15, 0.2) is 528 Å². The number of imidazole rings is 3. The fraction of sp³-hybridized carbons (Fsp3) is 0.00746. The average Bonchev–Trinajstić information content (AvgIpc) is 0.967. The summed E-state index contributed by atoms with van der Waals surface area (Å²) in [5.41, 5.74) is 33.7. The van der Waals surface area contributed by atoms with Crippen molar-refractivity contribution in [2.75, 3.05) is 0 Å². The summed E-state index contributed by atoms with van der Waals surface area (Å²) in [7, 11) is 0. The Labute approximate surface area is 811 Å². The van der Waals surface area contributed by atoms with E-state index in [-0.39, 0.29) is 0 Å². The fourth-order valence-electron chi connectivity index (χ4n) is 21.2. The highest BCUT2D eigenvalue weighted by Gasteiger charge is 2.26. The van der Waals surface area contributed by atoms with Crippen LogP contribution < -0.4 is 0 Å². The van der Waals surface area contributed by atoms with Crippen LogP contribution in [-0.2, 0) is 0 Å². The molecule has 6 nitrogen and oxygen atoms in total. The third kappa shape index (κ3) is 15.2. The zero-order valence-corrected chi connectivity index (χ0v) is 76.9. The van der Waals surface area contributed by atoms with E-state index in [1.54, 1.807) is 0 Å². The lowest BCUT2D eigenvalue weighted by Crippen LogP contribution is -1.98. The minimum absolute atomic E-state index is 0.931. The first-order chi connectivity index (χ1) is 69.4. The molecule has 24 aromatic carbocycles. The average molecular weight is 1780 g/mol. The molecule has 0 bridgehead atoms. The number of hydrogen-bond acceptors (Lipinski definition) is 3. The molecule has 0 unspecified atom stereocenters. The Bertz CT molecular complexity index is 9360. The highest BCUT2D eigenvalue weighted by molar-refractivity contribution is 6.25. The molecule has 3 heterocycles. The molecule has 3 aromatic heterocycles. The number of benzene rings is 24. The van der Waals surface area contributed by atoms with E-state index in [0.29, 0.717) is 0 Å². The highest BCUT2D eigenvalue weighted by atomic mass is 15.1. The standard InChI is InChI=1S/C49H32N2.C45H30N2.C40H28N2/c1-3-14-35(15-4-1)47-41-19-9-10-20-42(41)48(39-24-23-33-13-7-8-18-37(33)31-39)43-30-27-38(32-44(43)47)34-25-28-40(29-26-34)51-46-22-12-11-21-45(46)50-49(51)36-16-5-2-6-17-36;1-4-14-31(15-5-1)32-24-26-34(27-25-32)43-37-20-10-11-21-38(37)44(33-16-6-2-7-17-33)40-30-35(28-29-39(40)43)45-46-41-22-12-13-23-42(41)47(45)36-18-8-3-9-19-36;1-27-20-25-34-35(26-27)39(33-17-9-8-16-32(33)38(34)28-12-4-2-5-13-28)29-21-23-31(24-22-29)42-37-19-11-10-18-36(37)41-40(42)30-14-6-3-7-15-30/h1-32H;1-30H;2-26H,1H3. The minimum atomic E-state index is 0.931. The molecule has 0 radical (unpaired) electrons. The predicted molar refractivity (Wildman–Crippen MR) is 590 cm³/mol. The first-order valence-electron chi connectivity index (χ1n) is 47.9. The third-order valence-electron chi connectivity index (χ3n) is 27.6. The molecule has 656 valence electrons. The quantitative estimate of drug-likeness (QED) is 0.102. The predicted octanol–water partition coefficient (Wildman–Crippen LogP) is 35.8. The Morgan fingerprint density at radius 1 is 0.143 bits per heavy atom. The zero-order valence-electron chi connectivity index (χ0n) is 76.9. The molecule has 0 aliphatic heterocycles. The molecule has 27 aromatic rings. The van der Waals surface area contributed by atoms with E-state index in [9.17, 15) is 0 Å². The second-order valence-corrected chi connectivity index (χ2v) is 36.0. The lowest BCUT2D eigenvalue weighted by atomic mass is 9.84. The Hall–Kier alpha value is -18.5. The van der Waals surface area contributed by atoms with E-state index in [2.05, 4.69) is 536 Å². The Morgan fingerprint density at radius 2 is 0.386 bits per heavy atom. The second-order valence-electron chi connectivity index (χ2n) is 36.0. The van der Waals surface area contributed by atoms with Crippen LogP contribution in [0, 0.1) is 6.92 Å². The molecular weight excluding hydrogens is 1690 g/mol. The van der Waals surface area contributed by atoms with Crippen LogP contribution in [0.4, 0.5) is 0 Å². The van der Waals surface area contributed by atoms with Gasteiger partial charge in [-0.3, -0.25) is 13.7 Å². The van der Waals surface area contributed by atoms with Crippen molar-refractivity contribution in [3.05, 3.63) is 533 Å². The van der Waals surface area contributed by atoms with Crippen molar-refractivity contribution in [1.29, 1.82) is 0 Å². The number of para-hydroxylation sites is 7. The molecule has 0 aliphatic rings. The molecule has 0 atom stereocenters. The van der Waals surface area contributed by atoms with Gasteiger partial charge in [0, 0.05) is 33.8 Å². The lowest BCUT2D eigenvalue weighted by molar-refractivity contribution is 1.10. The number of nitrogens with zero attached hydrogens (tertiary/aromatic N) is 6. The van der Waals surface area contributed by atoms with Crippen molar-refractivity contribution in [3.8, 4) is 140 Å². The van der Waals surface area contributed by atoms with Gasteiger partial charge in [0.15, 0.2) is 0 Å². The normalized spacial score (nSPS) is 11.5. The summed E-state index contributed by atoms with van der Waals surface area (Å²) in [6.45, 7) is 2.18. The van der Waals surface area contributed by atoms with Gasteiger partial charge in [-0.05, 0) is 262 Å². The topological polar surface area (TPSA) is 53.5 Å². The van der Waals surface area contributed by atoms with Gasteiger partial charge in [-0.25, -0.2) is 15.0 Å². The molecule has 0 fully saturated rings. The molecule has 0 aliphatic carbocycles. The first-order valence-corrected chi connectivity index (χ1v) is 47.9. The van der Waals surface area contributed by atoms with E-state index in [0.717, 1.165) is 84.3 Å². The number of hydrogen-bond donors (Lipinski definition) is 0. The van der Waals surface area contributed by atoms with E-state index in [1.165, 1.54) is 170 Å². The molecule has 6 heteroatoms. The molecule has 0 amide bonds. The molecule has 0 saturated carbocycles. The Balaban J connectivity index is 0.000000111. The maximum absolute atomic E-state index is 5.21. The van der Waals surface area contributed by atoms with Crippen LogP contribution in [-0.4, -0.2) is 28.7 Å². The lowest BCUT2D eigenvalue weighted by Gasteiger charge is -2.19. The molecule has 0 N–H and O–H groups in total. The monoisotopic (exact) mass is 1780 g/mol. The summed E-state index contributed by atoms with van der Waals surface area (Å²) < 4.78 is 6.82. The van der Waals surface area contributed by atoms with E-state index < -0.39 is 0 Å². The SMILES string of the molecule is Cc1ccc2c(-c3ccccc3)c3ccccc3c(-c3ccc(-n4c(-c5ccccc5)nc5ccccc54)cc3)c2c1.c1ccc(-c2c3ccccc3c(-c3ccc4ccccc4c3)c3ccc(-c4ccc(-n5c(-c6ccccc6)nc6ccccc65)cc4)cc23)cc1.c1ccc(-c2ccc(-c3c4ccccc4c(-c4ccccc4)c4cc(-c5nc6ccccc6n5-c5ccccc5)ccc34)cc2)cc1. The summed E-state index contributed by atoms with van der Waals surface area (Å²) >= 11 is 0. The number of rotatable bonds is 14. The van der Waals surface area contributed by atoms with Gasteiger partial charge in [0.25, 0.3) is 0 Å². The first kappa shape index (κ1) is 83.3. The van der Waals surface area contributed by atoms with Gasteiger partial charge in [0.05, 0.1) is 33.1 Å². The molecule has 0 spiro atoms. The zero-order chi connectivity index (χ0) is 92.9. The van der Waals surface area contributed by atoms with Crippen LogP contribution in [0.3, 0.4) is 0 Å². The highest BCUT2D eigenvalue weighted by Crippen LogP contribution is 2.51. The van der Waals surface area contributed by atoms with Crippen molar-refractivity contribution < 1.29 is 0 Å². The van der Waals surface area contributed by atoms with Crippen molar-refractivity contribution in [1.82, 2.24) is 28.7 Å². The van der Waals surface area contributed by atoms with Gasteiger partial charge in [0.2, 0.25) is 0 Å². The van der Waals surface area contributed by atoms with E-state index in [1.807, 2.05) is 12.1 Å². The molecule has 0 saturated heterocycles.